The van der Waals surface area contributed by atoms with Crippen LogP contribution in [-0.2, 0) is 4.74 Å². The Morgan fingerprint density at radius 3 is 2.38 bits per heavy atom. The normalized spacial score (nSPS) is 19.4. The van der Waals surface area contributed by atoms with Crippen molar-refractivity contribution < 1.29 is 18.3 Å². The second-order valence-corrected chi connectivity index (χ2v) is 8.03. The Morgan fingerprint density at radius 2 is 1.72 bits per heavy atom. The Kier molecular flexibility index (Phi) is 5.38. The molecule has 2 heterocycles. The van der Waals surface area contributed by atoms with E-state index in [9.17, 15) is 4.79 Å². The molecule has 150 valence electrons. The zero-order valence-corrected chi connectivity index (χ0v) is 16.7. The third-order valence-corrected chi connectivity index (χ3v) is 5.75. The minimum atomic E-state index is -1.05. The van der Waals surface area contributed by atoms with E-state index in [1.54, 1.807) is 4.90 Å². The monoisotopic (exact) mass is 415 g/mol. The predicted molar refractivity (Wildman–Crippen MR) is 108 cm³/mol. The summed E-state index contributed by atoms with van der Waals surface area (Å²) in [4.78, 5) is 13.4. The van der Waals surface area contributed by atoms with Gasteiger partial charge in [-0.05, 0) is 19.9 Å². The fraction of sp³-hybridized carbons (Fsp3) is 0.286. The topological polar surface area (TPSA) is 55.3 Å². The number of halogens is 2. The molecule has 4 rings (SSSR count). The first-order chi connectivity index (χ1) is 14.0. The molecule has 0 radical (unpaired) electrons. The summed E-state index contributed by atoms with van der Waals surface area (Å²) in [5.74, 6) is -2.09. The number of ether oxygens (including phenoxy) is 1. The lowest BCUT2D eigenvalue weighted by atomic mass is 10.1. The van der Waals surface area contributed by atoms with Crippen molar-refractivity contribution in [3.63, 3.8) is 0 Å². The van der Waals surface area contributed by atoms with Crippen LogP contribution in [0.1, 0.15) is 24.2 Å². The van der Waals surface area contributed by atoms with Crippen LogP contribution in [0.4, 0.5) is 14.5 Å². The number of anilines is 1. The maximum atomic E-state index is 15.1. The molecular weight excluding hydrogens is 396 g/mol. The number of carbonyl (C=O) groups is 1. The Balaban J connectivity index is 1.76. The highest BCUT2D eigenvalue weighted by atomic mass is 32.1. The van der Waals surface area contributed by atoms with Crippen LogP contribution in [0.2, 0.25) is 0 Å². The summed E-state index contributed by atoms with van der Waals surface area (Å²) in [6, 6.07) is 10.7. The third kappa shape index (κ3) is 3.77. The standard InChI is InChI=1S/C21H19F2N3O2S/c1-12-9-26(10-13(2)28-12)19-15(11-27)8-16(17(22)18(19)23)21-25-24-20(29-21)14-6-4-3-5-7-14/h3-8,11-13H,9-10H2,1-2H3. The van der Waals surface area contributed by atoms with Gasteiger partial charge in [-0.15, -0.1) is 10.2 Å². The van der Waals surface area contributed by atoms with E-state index >= 15 is 8.78 Å². The Morgan fingerprint density at radius 1 is 1.07 bits per heavy atom. The van der Waals surface area contributed by atoms with Crippen molar-refractivity contribution in [2.24, 2.45) is 0 Å². The maximum Gasteiger partial charge on any atom is 0.183 e. The van der Waals surface area contributed by atoms with E-state index in [2.05, 4.69) is 10.2 Å². The predicted octanol–water partition coefficient (Wildman–Crippen LogP) is 4.58. The lowest BCUT2D eigenvalue weighted by Crippen LogP contribution is -2.46. The van der Waals surface area contributed by atoms with Gasteiger partial charge in [0.25, 0.3) is 0 Å². The quantitative estimate of drug-likeness (QED) is 0.584. The van der Waals surface area contributed by atoms with Crippen LogP contribution in [0.15, 0.2) is 36.4 Å². The van der Waals surface area contributed by atoms with Crippen molar-refractivity contribution >= 4 is 23.3 Å². The van der Waals surface area contributed by atoms with Crippen molar-refractivity contribution in [3.8, 4) is 21.1 Å². The lowest BCUT2D eigenvalue weighted by molar-refractivity contribution is -0.00546. The van der Waals surface area contributed by atoms with Gasteiger partial charge in [-0.25, -0.2) is 8.78 Å². The molecule has 2 unspecified atom stereocenters. The van der Waals surface area contributed by atoms with E-state index in [0.29, 0.717) is 24.4 Å². The summed E-state index contributed by atoms with van der Waals surface area (Å²) in [5, 5.41) is 8.92. The molecule has 3 aromatic rings. The van der Waals surface area contributed by atoms with Gasteiger partial charge in [0.05, 0.1) is 23.5 Å². The fourth-order valence-corrected chi connectivity index (χ4v) is 4.45. The molecule has 1 saturated heterocycles. The van der Waals surface area contributed by atoms with E-state index in [1.165, 1.54) is 6.07 Å². The maximum absolute atomic E-state index is 15.1. The average molecular weight is 415 g/mol. The first-order valence-corrected chi connectivity index (χ1v) is 10.1. The van der Waals surface area contributed by atoms with Crippen LogP contribution in [0.5, 0.6) is 0 Å². The summed E-state index contributed by atoms with van der Waals surface area (Å²) in [7, 11) is 0. The number of hydrogen-bond acceptors (Lipinski definition) is 6. The summed E-state index contributed by atoms with van der Waals surface area (Å²) < 4.78 is 35.8. The molecule has 1 aromatic heterocycles. The van der Waals surface area contributed by atoms with Crippen LogP contribution in [-0.4, -0.2) is 41.8 Å². The van der Waals surface area contributed by atoms with Crippen LogP contribution < -0.4 is 4.90 Å². The first-order valence-electron chi connectivity index (χ1n) is 9.24. The number of rotatable bonds is 4. The number of nitrogens with zero attached hydrogens (tertiary/aromatic N) is 3. The van der Waals surface area contributed by atoms with Gasteiger partial charge >= 0.3 is 0 Å². The largest absolute Gasteiger partial charge is 0.372 e. The second kappa shape index (κ2) is 7.96. The lowest BCUT2D eigenvalue weighted by Gasteiger charge is -2.37. The summed E-state index contributed by atoms with van der Waals surface area (Å²) in [6.07, 6.45) is 0.236. The van der Waals surface area contributed by atoms with E-state index < -0.39 is 11.6 Å². The highest BCUT2D eigenvalue weighted by Gasteiger charge is 2.29. The molecule has 0 amide bonds. The second-order valence-electron chi connectivity index (χ2n) is 7.05. The molecule has 0 aliphatic carbocycles. The van der Waals surface area contributed by atoms with Crippen LogP contribution in [0.25, 0.3) is 21.1 Å². The van der Waals surface area contributed by atoms with Crippen LogP contribution >= 0.6 is 11.3 Å². The summed E-state index contributed by atoms with van der Waals surface area (Å²) >= 11 is 1.14. The number of morpholine rings is 1. The van der Waals surface area contributed by atoms with Gasteiger partial charge in [-0.2, -0.15) is 0 Å². The molecule has 8 heteroatoms. The average Bonchev–Trinajstić information content (AvgIpc) is 3.19. The molecule has 2 aromatic carbocycles. The van der Waals surface area contributed by atoms with Gasteiger partial charge in [0.1, 0.15) is 5.01 Å². The van der Waals surface area contributed by atoms with E-state index in [1.807, 2.05) is 44.2 Å². The third-order valence-electron chi connectivity index (χ3n) is 4.75. The molecule has 5 nitrogen and oxygen atoms in total. The number of aromatic nitrogens is 2. The molecule has 0 spiro atoms. The van der Waals surface area contributed by atoms with Gasteiger partial charge in [0.15, 0.2) is 22.9 Å². The van der Waals surface area contributed by atoms with E-state index in [0.717, 1.165) is 16.9 Å². The van der Waals surface area contributed by atoms with Crippen LogP contribution in [0.3, 0.4) is 0 Å². The van der Waals surface area contributed by atoms with Gasteiger partial charge in [0, 0.05) is 24.2 Å². The SMILES string of the molecule is CC1CN(c2c(C=O)cc(-c3nnc(-c4ccccc4)s3)c(F)c2F)CC(C)O1. The molecule has 1 aliphatic rings. The fourth-order valence-electron chi connectivity index (χ4n) is 3.59. The number of aldehydes is 1. The Labute approximate surface area is 171 Å². The van der Waals surface area contributed by atoms with Crippen molar-refractivity contribution in [2.75, 3.05) is 18.0 Å². The smallest absolute Gasteiger partial charge is 0.183 e. The first kappa shape index (κ1) is 19.6. The van der Waals surface area contributed by atoms with Crippen LogP contribution in [0, 0.1) is 11.6 Å². The number of benzene rings is 2. The van der Waals surface area contributed by atoms with Crippen molar-refractivity contribution in [1.82, 2.24) is 10.2 Å². The number of carbonyl (C=O) groups excluding carboxylic acids is 1. The highest BCUT2D eigenvalue weighted by Crippen LogP contribution is 2.37. The molecule has 0 bridgehead atoms. The minimum absolute atomic E-state index is 0.0314. The zero-order valence-electron chi connectivity index (χ0n) is 15.9. The zero-order chi connectivity index (χ0) is 20.5. The number of hydrogen-bond donors (Lipinski definition) is 0. The van der Waals surface area contributed by atoms with E-state index in [4.69, 9.17) is 4.74 Å². The molecule has 0 N–H and O–H groups in total. The molecular formula is C21H19F2N3O2S. The van der Waals surface area contributed by atoms with Crippen molar-refractivity contribution in [3.05, 3.63) is 53.6 Å². The summed E-state index contributed by atoms with van der Waals surface area (Å²) in [6.45, 7) is 4.46. The van der Waals surface area contributed by atoms with E-state index in [-0.39, 0.29) is 34.0 Å². The minimum Gasteiger partial charge on any atom is -0.372 e. The van der Waals surface area contributed by atoms with Gasteiger partial charge in [-0.1, -0.05) is 41.7 Å². The van der Waals surface area contributed by atoms with Crippen molar-refractivity contribution in [1.29, 1.82) is 0 Å². The van der Waals surface area contributed by atoms with Gasteiger partial charge in [-0.3, -0.25) is 4.79 Å². The highest BCUT2D eigenvalue weighted by molar-refractivity contribution is 7.17. The van der Waals surface area contributed by atoms with Gasteiger partial charge < -0.3 is 9.64 Å². The molecule has 1 fully saturated rings. The summed E-state index contributed by atoms with van der Waals surface area (Å²) in [5.41, 5.74) is 0.816. The molecule has 2 atom stereocenters. The Hall–Kier alpha value is -2.71. The molecule has 0 saturated carbocycles. The Bertz CT molecular complexity index is 1030. The molecule has 29 heavy (non-hydrogen) atoms. The van der Waals surface area contributed by atoms with Gasteiger partial charge in [0.2, 0.25) is 0 Å². The molecule has 1 aliphatic heterocycles. The van der Waals surface area contributed by atoms with Crippen molar-refractivity contribution in [2.45, 2.75) is 26.1 Å².